The average Bonchev–Trinajstić information content (AvgIpc) is 3.26. The minimum atomic E-state index is -1.02. The predicted molar refractivity (Wildman–Crippen MR) is 80.1 cm³/mol. The van der Waals surface area contributed by atoms with Gasteiger partial charge in [-0.25, -0.2) is 9.59 Å². The van der Waals surface area contributed by atoms with Crippen molar-refractivity contribution in [2.24, 2.45) is 5.41 Å². The first-order chi connectivity index (χ1) is 10.0. The highest BCUT2D eigenvalue weighted by atomic mass is 16.4. The molecule has 0 bridgehead atoms. The molecule has 1 saturated carbocycles. The Hall–Kier alpha value is -2.04. The second-order valence-corrected chi connectivity index (χ2v) is 5.76. The molecule has 1 fully saturated rings. The number of hydrogen-bond donors (Lipinski definition) is 3. The van der Waals surface area contributed by atoms with E-state index < -0.39 is 18.0 Å². The van der Waals surface area contributed by atoms with Crippen LogP contribution in [0.15, 0.2) is 30.3 Å². The maximum atomic E-state index is 11.9. The molecule has 0 heterocycles. The Labute approximate surface area is 124 Å². The van der Waals surface area contributed by atoms with Crippen LogP contribution in [-0.2, 0) is 11.2 Å². The topological polar surface area (TPSA) is 78.4 Å². The molecule has 21 heavy (non-hydrogen) atoms. The number of carbonyl (C=O) groups excluding carboxylic acids is 1. The second kappa shape index (κ2) is 6.61. The Bertz CT molecular complexity index is 498. The molecule has 0 radical (unpaired) electrons. The number of carboxylic acid groups (broad SMARTS) is 1. The van der Waals surface area contributed by atoms with Gasteiger partial charge in [0.1, 0.15) is 6.04 Å². The monoisotopic (exact) mass is 290 g/mol. The summed E-state index contributed by atoms with van der Waals surface area (Å²) in [7, 11) is 0. The van der Waals surface area contributed by atoms with Crippen LogP contribution in [-0.4, -0.2) is 29.7 Å². The van der Waals surface area contributed by atoms with Crippen LogP contribution < -0.4 is 10.6 Å². The summed E-state index contributed by atoms with van der Waals surface area (Å²) in [6, 6.07) is 7.97. The molecule has 5 nitrogen and oxygen atoms in total. The highest BCUT2D eigenvalue weighted by Crippen LogP contribution is 2.47. The van der Waals surface area contributed by atoms with E-state index in [0.29, 0.717) is 6.54 Å². The zero-order valence-electron chi connectivity index (χ0n) is 12.3. The summed E-state index contributed by atoms with van der Waals surface area (Å²) in [4.78, 5) is 23.1. The maximum Gasteiger partial charge on any atom is 0.326 e. The van der Waals surface area contributed by atoms with E-state index in [4.69, 9.17) is 0 Å². The SMILES string of the molecule is CCC1(CNC(=O)NC(Cc2ccccc2)C(=O)O)CC1. The summed E-state index contributed by atoms with van der Waals surface area (Å²) in [5, 5.41) is 14.6. The summed E-state index contributed by atoms with van der Waals surface area (Å²) in [5.74, 6) is -1.02. The van der Waals surface area contributed by atoms with E-state index in [1.54, 1.807) is 0 Å². The first kappa shape index (κ1) is 15.4. The van der Waals surface area contributed by atoms with Crippen molar-refractivity contribution in [1.29, 1.82) is 0 Å². The van der Waals surface area contributed by atoms with Crippen molar-refractivity contribution in [2.75, 3.05) is 6.54 Å². The lowest BCUT2D eigenvalue weighted by molar-refractivity contribution is -0.139. The minimum absolute atomic E-state index is 0.246. The molecule has 0 aliphatic heterocycles. The highest BCUT2D eigenvalue weighted by molar-refractivity contribution is 5.82. The van der Waals surface area contributed by atoms with Gasteiger partial charge in [0.25, 0.3) is 0 Å². The van der Waals surface area contributed by atoms with Crippen molar-refractivity contribution in [2.45, 2.75) is 38.6 Å². The quantitative estimate of drug-likeness (QED) is 0.720. The fraction of sp³-hybridized carbons (Fsp3) is 0.500. The van der Waals surface area contributed by atoms with Gasteiger partial charge >= 0.3 is 12.0 Å². The van der Waals surface area contributed by atoms with Crippen LogP contribution in [0.3, 0.4) is 0 Å². The third kappa shape index (κ3) is 4.48. The first-order valence-corrected chi connectivity index (χ1v) is 7.36. The molecule has 2 rings (SSSR count). The summed E-state index contributed by atoms with van der Waals surface area (Å²) in [5.41, 5.74) is 1.13. The van der Waals surface area contributed by atoms with Gasteiger partial charge in [-0.2, -0.15) is 0 Å². The molecule has 1 aliphatic rings. The largest absolute Gasteiger partial charge is 0.480 e. The molecule has 0 spiro atoms. The molecule has 1 unspecified atom stereocenters. The van der Waals surface area contributed by atoms with Gasteiger partial charge < -0.3 is 15.7 Å². The minimum Gasteiger partial charge on any atom is -0.480 e. The molecule has 1 aromatic rings. The Morgan fingerprint density at radius 2 is 1.95 bits per heavy atom. The van der Waals surface area contributed by atoms with Crippen LogP contribution in [0.1, 0.15) is 31.7 Å². The Morgan fingerprint density at radius 3 is 2.48 bits per heavy atom. The molecule has 1 atom stereocenters. The number of nitrogens with one attached hydrogen (secondary N) is 2. The van der Waals surface area contributed by atoms with E-state index in [-0.39, 0.29) is 11.8 Å². The third-order valence-corrected chi connectivity index (χ3v) is 4.22. The molecular formula is C16H22N2O3. The van der Waals surface area contributed by atoms with Crippen LogP contribution in [0.2, 0.25) is 0 Å². The number of urea groups is 1. The number of benzene rings is 1. The fourth-order valence-corrected chi connectivity index (χ4v) is 2.36. The van der Waals surface area contributed by atoms with Gasteiger partial charge in [-0.3, -0.25) is 0 Å². The van der Waals surface area contributed by atoms with Crippen molar-refractivity contribution in [3.8, 4) is 0 Å². The molecule has 5 heteroatoms. The number of hydrogen-bond acceptors (Lipinski definition) is 2. The summed E-state index contributed by atoms with van der Waals surface area (Å²) >= 11 is 0. The number of amides is 2. The van der Waals surface area contributed by atoms with Crippen molar-refractivity contribution in [3.05, 3.63) is 35.9 Å². The third-order valence-electron chi connectivity index (χ3n) is 4.22. The van der Waals surface area contributed by atoms with Crippen molar-refractivity contribution in [3.63, 3.8) is 0 Å². The van der Waals surface area contributed by atoms with Gasteiger partial charge in [-0.15, -0.1) is 0 Å². The number of carboxylic acids is 1. The van der Waals surface area contributed by atoms with E-state index in [1.807, 2.05) is 30.3 Å². The van der Waals surface area contributed by atoms with Gasteiger partial charge in [-0.05, 0) is 30.2 Å². The second-order valence-electron chi connectivity index (χ2n) is 5.76. The molecule has 0 saturated heterocycles. The number of aliphatic carboxylic acids is 1. The summed E-state index contributed by atoms with van der Waals surface area (Å²) in [6.45, 7) is 2.73. The Balaban J connectivity index is 1.84. The lowest BCUT2D eigenvalue weighted by Gasteiger charge is -2.17. The lowest BCUT2D eigenvalue weighted by atomic mass is 10.0. The molecular weight excluding hydrogens is 268 g/mol. The molecule has 1 aromatic carbocycles. The average molecular weight is 290 g/mol. The smallest absolute Gasteiger partial charge is 0.326 e. The van der Waals surface area contributed by atoms with Gasteiger partial charge in [0.2, 0.25) is 0 Å². The standard InChI is InChI=1S/C16H22N2O3/c1-2-16(8-9-16)11-17-15(21)18-13(14(19)20)10-12-6-4-3-5-7-12/h3-7,13H,2,8-11H2,1H3,(H,19,20)(H2,17,18,21). The zero-order valence-corrected chi connectivity index (χ0v) is 12.3. The zero-order chi connectivity index (χ0) is 15.3. The predicted octanol–water partition coefficient (Wildman–Crippen LogP) is 2.17. The maximum absolute atomic E-state index is 11.9. The molecule has 1 aliphatic carbocycles. The molecule has 114 valence electrons. The van der Waals surface area contributed by atoms with Gasteiger partial charge in [0.15, 0.2) is 0 Å². The van der Waals surface area contributed by atoms with Gasteiger partial charge in [0.05, 0.1) is 0 Å². The number of rotatable bonds is 7. The molecule has 0 aromatic heterocycles. The van der Waals surface area contributed by atoms with E-state index in [2.05, 4.69) is 17.6 Å². The van der Waals surface area contributed by atoms with Crippen LogP contribution >= 0.6 is 0 Å². The summed E-state index contributed by atoms with van der Waals surface area (Å²) in [6.07, 6.45) is 3.59. The van der Waals surface area contributed by atoms with Gasteiger partial charge in [0, 0.05) is 13.0 Å². The lowest BCUT2D eigenvalue weighted by Crippen LogP contribution is -2.48. The number of carbonyl (C=O) groups is 2. The van der Waals surface area contributed by atoms with Crippen LogP contribution in [0, 0.1) is 5.41 Å². The van der Waals surface area contributed by atoms with Crippen LogP contribution in [0.5, 0.6) is 0 Å². The Kier molecular flexibility index (Phi) is 4.83. The van der Waals surface area contributed by atoms with Crippen molar-refractivity contribution in [1.82, 2.24) is 10.6 Å². The van der Waals surface area contributed by atoms with Gasteiger partial charge in [-0.1, -0.05) is 37.3 Å². The van der Waals surface area contributed by atoms with E-state index in [9.17, 15) is 14.7 Å². The highest BCUT2D eigenvalue weighted by Gasteiger charge is 2.40. The summed E-state index contributed by atoms with van der Waals surface area (Å²) < 4.78 is 0. The van der Waals surface area contributed by atoms with Crippen LogP contribution in [0.4, 0.5) is 4.79 Å². The molecule has 2 amide bonds. The first-order valence-electron chi connectivity index (χ1n) is 7.36. The normalized spacial score (nSPS) is 16.8. The van der Waals surface area contributed by atoms with E-state index in [0.717, 1.165) is 24.8 Å². The fourth-order valence-electron chi connectivity index (χ4n) is 2.36. The van der Waals surface area contributed by atoms with Crippen LogP contribution in [0.25, 0.3) is 0 Å². The van der Waals surface area contributed by atoms with Crippen molar-refractivity contribution < 1.29 is 14.7 Å². The molecule has 3 N–H and O–H groups in total. The van der Waals surface area contributed by atoms with E-state index in [1.165, 1.54) is 0 Å². The Morgan fingerprint density at radius 1 is 1.29 bits per heavy atom. The van der Waals surface area contributed by atoms with Crippen molar-refractivity contribution >= 4 is 12.0 Å². The van der Waals surface area contributed by atoms with E-state index >= 15 is 0 Å².